The number of nitrogens with zero attached hydrogens (tertiary/aromatic N) is 1. The smallest absolute Gasteiger partial charge is 0.303 e. The molecule has 0 saturated carbocycles. The van der Waals surface area contributed by atoms with Gasteiger partial charge in [0, 0.05) is 32.6 Å². The monoisotopic (exact) mass is 323 g/mol. The van der Waals surface area contributed by atoms with Crippen molar-refractivity contribution in [1.29, 1.82) is 0 Å². The fourth-order valence-electron chi connectivity index (χ4n) is 1.99. The number of carboxylic acids is 2. The second-order valence-electron chi connectivity index (χ2n) is 5.64. The summed E-state index contributed by atoms with van der Waals surface area (Å²) in [7, 11) is 4.07. The topological polar surface area (TPSA) is 77.8 Å². The number of anilines is 1. The first-order valence-corrected chi connectivity index (χ1v) is 8.09. The molecule has 0 atom stereocenters. The van der Waals surface area contributed by atoms with Crippen molar-refractivity contribution in [2.45, 2.75) is 51.4 Å². The van der Waals surface area contributed by atoms with Gasteiger partial charge in [0.1, 0.15) is 0 Å². The minimum absolute atomic E-state index is 0.245. The largest absolute Gasteiger partial charge is 0.481 e. The molecule has 0 heterocycles. The first-order valence-electron chi connectivity index (χ1n) is 8.09. The third-order valence-electron chi connectivity index (χ3n) is 3.30. The number of unbranched alkanes of at least 4 members (excludes halogenated alkanes) is 5. The van der Waals surface area contributed by atoms with Gasteiger partial charge in [0.2, 0.25) is 0 Å². The summed E-state index contributed by atoms with van der Waals surface area (Å²) in [4.78, 5) is 22.4. The summed E-state index contributed by atoms with van der Waals surface area (Å²) >= 11 is 0. The molecule has 0 fully saturated rings. The van der Waals surface area contributed by atoms with Crippen LogP contribution in [0.25, 0.3) is 0 Å². The van der Waals surface area contributed by atoms with Gasteiger partial charge in [0.05, 0.1) is 0 Å². The number of carboxylic acid groups (broad SMARTS) is 2. The number of hydrogen-bond donors (Lipinski definition) is 2. The Hall–Kier alpha value is -2.04. The quantitative estimate of drug-likeness (QED) is 0.636. The maximum Gasteiger partial charge on any atom is 0.303 e. The van der Waals surface area contributed by atoms with E-state index in [-0.39, 0.29) is 12.8 Å². The SMILES string of the molecule is CN(C)c1ccccc1.O=C(O)CCCCCCCCC(=O)O. The first kappa shape index (κ1) is 21.0. The van der Waals surface area contributed by atoms with Crippen molar-refractivity contribution < 1.29 is 19.8 Å². The van der Waals surface area contributed by atoms with Gasteiger partial charge < -0.3 is 15.1 Å². The van der Waals surface area contributed by atoms with E-state index >= 15 is 0 Å². The maximum absolute atomic E-state index is 10.1. The minimum atomic E-state index is -0.740. The Morgan fingerprint density at radius 2 is 1.17 bits per heavy atom. The molecule has 23 heavy (non-hydrogen) atoms. The minimum Gasteiger partial charge on any atom is -0.481 e. The average Bonchev–Trinajstić information content (AvgIpc) is 2.51. The summed E-state index contributed by atoms with van der Waals surface area (Å²) in [5, 5.41) is 16.7. The normalized spacial score (nSPS) is 9.65. The highest BCUT2D eigenvalue weighted by molar-refractivity contribution is 5.66. The molecule has 2 N–H and O–H groups in total. The molecule has 5 nitrogen and oxygen atoms in total. The van der Waals surface area contributed by atoms with Crippen LogP contribution >= 0.6 is 0 Å². The van der Waals surface area contributed by atoms with E-state index in [0.29, 0.717) is 0 Å². The van der Waals surface area contributed by atoms with E-state index in [1.54, 1.807) is 0 Å². The molecule has 1 aromatic rings. The van der Waals surface area contributed by atoms with Crippen molar-refractivity contribution in [3.05, 3.63) is 30.3 Å². The second kappa shape index (κ2) is 13.6. The third kappa shape index (κ3) is 14.7. The molecule has 0 bridgehead atoms. The van der Waals surface area contributed by atoms with Gasteiger partial charge in [-0.1, -0.05) is 43.9 Å². The van der Waals surface area contributed by atoms with Crippen LogP contribution in [0.5, 0.6) is 0 Å². The first-order chi connectivity index (χ1) is 10.9. The van der Waals surface area contributed by atoms with E-state index < -0.39 is 11.9 Å². The Morgan fingerprint density at radius 3 is 1.48 bits per heavy atom. The van der Waals surface area contributed by atoms with Crippen molar-refractivity contribution in [3.63, 3.8) is 0 Å². The van der Waals surface area contributed by atoms with E-state index in [1.165, 1.54) is 5.69 Å². The standard InChI is InChI=1S/C10H18O4.C8H11N/c11-9(12)7-5-3-1-2-4-6-8-10(13)14;1-9(2)8-6-4-3-5-7-8/h1-8H2,(H,11,12)(H,13,14);3-7H,1-2H3. The molecular formula is C18H29NO4. The van der Waals surface area contributed by atoms with E-state index in [9.17, 15) is 9.59 Å². The van der Waals surface area contributed by atoms with Crippen LogP contribution in [0.3, 0.4) is 0 Å². The Balaban J connectivity index is 0.000000459. The molecule has 0 aliphatic carbocycles. The van der Waals surface area contributed by atoms with Gasteiger partial charge in [-0.25, -0.2) is 0 Å². The van der Waals surface area contributed by atoms with Crippen LogP contribution in [0.1, 0.15) is 51.4 Å². The number of carbonyl (C=O) groups is 2. The van der Waals surface area contributed by atoms with Crippen molar-refractivity contribution in [2.75, 3.05) is 19.0 Å². The lowest BCUT2D eigenvalue weighted by Crippen LogP contribution is -2.07. The van der Waals surface area contributed by atoms with Crippen LogP contribution in [0.2, 0.25) is 0 Å². The second-order valence-corrected chi connectivity index (χ2v) is 5.64. The van der Waals surface area contributed by atoms with Crippen LogP contribution in [-0.4, -0.2) is 36.2 Å². The summed E-state index contributed by atoms with van der Waals surface area (Å²) in [5.74, 6) is -1.48. The van der Waals surface area contributed by atoms with Crippen molar-refractivity contribution >= 4 is 17.6 Å². The zero-order chi connectivity index (χ0) is 17.5. The van der Waals surface area contributed by atoms with E-state index in [0.717, 1.165) is 38.5 Å². The number of rotatable bonds is 10. The van der Waals surface area contributed by atoms with Gasteiger partial charge in [-0.15, -0.1) is 0 Å². The lowest BCUT2D eigenvalue weighted by molar-refractivity contribution is -0.138. The third-order valence-corrected chi connectivity index (χ3v) is 3.30. The molecule has 0 unspecified atom stereocenters. The number of para-hydroxylation sites is 1. The van der Waals surface area contributed by atoms with Gasteiger partial charge >= 0.3 is 11.9 Å². The molecule has 1 aromatic carbocycles. The molecule has 0 saturated heterocycles. The Bertz CT molecular complexity index is 412. The summed E-state index contributed by atoms with van der Waals surface area (Å²) in [5.41, 5.74) is 1.25. The molecule has 0 spiro atoms. The number of benzene rings is 1. The van der Waals surface area contributed by atoms with E-state index in [2.05, 4.69) is 17.0 Å². The van der Waals surface area contributed by atoms with E-state index in [1.807, 2.05) is 32.3 Å². The molecule has 0 amide bonds. The van der Waals surface area contributed by atoms with Crippen molar-refractivity contribution in [3.8, 4) is 0 Å². The van der Waals surface area contributed by atoms with Crippen LogP contribution in [0.4, 0.5) is 5.69 Å². The Morgan fingerprint density at radius 1 is 0.783 bits per heavy atom. The fourth-order valence-corrected chi connectivity index (χ4v) is 1.99. The van der Waals surface area contributed by atoms with Crippen LogP contribution in [-0.2, 0) is 9.59 Å². The predicted octanol–water partition coefficient (Wildman–Crippen LogP) is 4.03. The lowest BCUT2D eigenvalue weighted by atomic mass is 10.1. The summed E-state index contributed by atoms with van der Waals surface area (Å²) in [6.45, 7) is 0. The Kier molecular flexibility index (Phi) is 12.4. The molecule has 5 heteroatoms. The van der Waals surface area contributed by atoms with Crippen LogP contribution in [0, 0.1) is 0 Å². The van der Waals surface area contributed by atoms with E-state index in [4.69, 9.17) is 10.2 Å². The summed E-state index contributed by atoms with van der Waals surface area (Å²) in [6.07, 6.45) is 5.82. The summed E-state index contributed by atoms with van der Waals surface area (Å²) < 4.78 is 0. The van der Waals surface area contributed by atoms with Gasteiger partial charge in [0.25, 0.3) is 0 Å². The molecule has 1 rings (SSSR count). The van der Waals surface area contributed by atoms with Crippen LogP contribution in [0.15, 0.2) is 30.3 Å². The molecule has 130 valence electrons. The van der Waals surface area contributed by atoms with Crippen molar-refractivity contribution in [1.82, 2.24) is 0 Å². The number of hydrogen-bond acceptors (Lipinski definition) is 3. The zero-order valence-corrected chi connectivity index (χ0v) is 14.2. The maximum atomic E-state index is 10.1. The molecule has 0 aliphatic heterocycles. The zero-order valence-electron chi connectivity index (χ0n) is 14.2. The molecule has 0 aromatic heterocycles. The van der Waals surface area contributed by atoms with Gasteiger partial charge in [-0.2, -0.15) is 0 Å². The predicted molar refractivity (Wildman–Crippen MR) is 93.0 cm³/mol. The summed E-state index contributed by atoms with van der Waals surface area (Å²) in [6, 6.07) is 10.3. The highest BCUT2D eigenvalue weighted by Gasteiger charge is 1.98. The Labute approximate surface area is 138 Å². The molecule has 0 aliphatic rings. The molecule has 0 radical (unpaired) electrons. The van der Waals surface area contributed by atoms with Gasteiger partial charge in [-0.3, -0.25) is 9.59 Å². The van der Waals surface area contributed by atoms with Crippen LogP contribution < -0.4 is 4.90 Å². The van der Waals surface area contributed by atoms with Gasteiger partial charge in [-0.05, 0) is 25.0 Å². The highest BCUT2D eigenvalue weighted by atomic mass is 16.4. The highest BCUT2D eigenvalue weighted by Crippen LogP contribution is 2.08. The van der Waals surface area contributed by atoms with Crippen molar-refractivity contribution in [2.24, 2.45) is 0 Å². The fraction of sp³-hybridized carbons (Fsp3) is 0.556. The average molecular weight is 323 g/mol. The van der Waals surface area contributed by atoms with Gasteiger partial charge in [0.15, 0.2) is 0 Å². The lowest BCUT2D eigenvalue weighted by Gasteiger charge is -2.10. The number of aliphatic carboxylic acids is 2. The molecular weight excluding hydrogens is 294 g/mol.